The Bertz CT molecular complexity index is 125. The van der Waals surface area contributed by atoms with Crippen molar-refractivity contribution in [3.63, 3.8) is 0 Å². The fraction of sp³-hybridized carbons (Fsp3) is 0.778. The van der Waals surface area contributed by atoms with Gasteiger partial charge in [-0.05, 0) is 25.2 Å². The summed E-state index contributed by atoms with van der Waals surface area (Å²) in [7, 11) is 0. The quantitative estimate of drug-likeness (QED) is 0.496. The van der Waals surface area contributed by atoms with Crippen LogP contribution in [0.3, 0.4) is 0 Å². The summed E-state index contributed by atoms with van der Waals surface area (Å²) in [4.78, 5) is 0. The van der Waals surface area contributed by atoms with Gasteiger partial charge in [-0.3, -0.25) is 0 Å². The Labute approximate surface area is 58.0 Å². The van der Waals surface area contributed by atoms with E-state index >= 15 is 0 Å². The lowest BCUT2D eigenvalue weighted by molar-refractivity contribution is 0.946. The Morgan fingerprint density at radius 3 is 2.00 bits per heavy atom. The summed E-state index contributed by atoms with van der Waals surface area (Å²) in [6.07, 6.45) is 3.93. The average Bonchev–Trinajstić information content (AvgIpc) is 2.51. The van der Waals surface area contributed by atoms with Gasteiger partial charge < -0.3 is 0 Å². The van der Waals surface area contributed by atoms with Gasteiger partial charge in [0.15, 0.2) is 0 Å². The van der Waals surface area contributed by atoms with E-state index in [-0.39, 0.29) is 0 Å². The van der Waals surface area contributed by atoms with E-state index < -0.39 is 0 Å². The van der Waals surface area contributed by atoms with Crippen LogP contribution in [0.5, 0.6) is 0 Å². The Hall–Kier alpha value is -0.260. The minimum Gasteiger partial charge on any atom is -0.0713 e. The van der Waals surface area contributed by atoms with Crippen molar-refractivity contribution in [2.75, 3.05) is 0 Å². The maximum absolute atomic E-state index is 2.32. The first-order valence-electron chi connectivity index (χ1n) is 4.00. The lowest BCUT2D eigenvalue weighted by atomic mass is 10.1. The van der Waals surface area contributed by atoms with Gasteiger partial charge in [-0.15, -0.1) is 0 Å². The zero-order valence-electron chi connectivity index (χ0n) is 6.70. The van der Waals surface area contributed by atoms with Crippen molar-refractivity contribution in [3.8, 4) is 0 Å². The van der Waals surface area contributed by atoms with Crippen LogP contribution >= 0.6 is 0 Å². The second-order valence-corrected chi connectivity index (χ2v) is 2.94. The zero-order chi connectivity index (χ0) is 6.85. The highest BCUT2D eigenvalue weighted by atomic mass is 14.3. The van der Waals surface area contributed by atoms with E-state index in [1.807, 2.05) is 0 Å². The first-order chi connectivity index (χ1) is 4.29. The molecule has 0 aliphatic heterocycles. The molecule has 1 aliphatic rings. The predicted octanol–water partition coefficient (Wildman–Crippen LogP) is 3.14. The molecule has 1 aliphatic carbocycles. The summed E-state index contributed by atoms with van der Waals surface area (Å²) in [6, 6.07) is 0. The molecule has 0 aromatic rings. The van der Waals surface area contributed by atoms with Crippen LogP contribution in [0.4, 0.5) is 0 Å². The Morgan fingerprint density at radius 2 is 1.89 bits per heavy atom. The molecular formula is C9H16. The van der Waals surface area contributed by atoms with Gasteiger partial charge in [-0.1, -0.05) is 31.9 Å². The van der Waals surface area contributed by atoms with Crippen molar-refractivity contribution in [1.29, 1.82) is 0 Å². The Morgan fingerprint density at radius 1 is 1.44 bits per heavy atom. The standard InChI is InChI=1S/C9H16/c1-4-8(5-2)9-6-7(9)3/h7H,4-6H2,1-3H3. The fourth-order valence-electron chi connectivity index (χ4n) is 1.47. The topological polar surface area (TPSA) is 0 Å². The van der Waals surface area contributed by atoms with Gasteiger partial charge in [0.2, 0.25) is 0 Å². The largest absolute Gasteiger partial charge is 0.0713 e. The molecule has 0 amide bonds. The zero-order valence-corrected chi connectivity index (χ0v) is 6.70. The van der Waals surface area contributed by atoms with E-state index in [9.17, 15) is 0 Å². The van der Waals surface area contributed by atoms with Crippen LogP contribution in [-0.2, 0) is 0 Å². The molecule has 0 aromatic carbocycles. The lowest BCUT2D eigenvalue weighted by Gasteiger charge is -1.96. The van der Waals surface area contributed by atoms with Crippen LogP contribution in [-0.4, -0.2) is 0 Å². The van der Waals surface area contributed by atoms with Gasteiger partial charge in [-0.25, -0.2) is 0 Å². The highest BCUT2D eigenvalue weighted by molar-refractivity contribution is 5.28. The van der Waals surface area contributed by atoms with Crippen molar-refractivity contribution >= 4 is 0 Å². The third-order valence-corrected chi connectivity index (χ3v) is 2.27. The summed E-state index contributed by atoms with van der Waals surface area (Å²) in [6.45, 7) is 6.84. The fourth-order valence-corrected chi connectivity index (χ4v) is 1.47. The molecule has 0 N–H and O–H groups in total. The predicted molar refractivity (Wildman–Crippen MR) is 41.4 cm³/mol. The second kappa shape index (κ2) is 2.55. The normalized spacial score (nSPS) is 24.3. The minimum absolute atomic E-state index is 0.930. The summed E-state index contributed by atoms with van der Waals surface area (Å²) in [5.74, 6) is 0.930. The van der Waals surface area contributed by atoms with E-state index in [1.54, 1.807) is 11.1 Å². The molecule has 1 atom stereocenters. The number of hydrogen-bond acceptors (Lipinski definition) is 0. The molecule has 0 radical (unpaired) electrons. The van der Waals surface area contributed by atoms with Gasteiger partial charge >= 0.3 is 0 Å². The van der Waals surface area contributed by atoms with Crippen molar-refractivity contribution in [1.82, 2.24) is 0 Å². The molecule has 0 heteroatoms. The van der Waals surface area contributed by atoms with Crippen LogP contribution in [0.1, 0.15) is 40.0 Å². The second-order valence-electron chi connectivity index (χ2n) is 2.94. The molecule has 0 saturated heterocycles. The number of rotatable bonds is 2. The van der Waals surface area contributed by atoms with E-state index in [0.717, 1.165) is 5.92 Å². The molecule has 0 aromatic heterocycles. The first-order valence-corrected chi connectivity index (χ1v) is 4.00. The average molecular weight is 124 g/mol. The van der Waals surface area contributed by atoms with Gasteiger partial charge in [0.1, 0.15) is 0 Å². The number of allylic oxidation sites excluding steroid dienone is 2. The SMILES string of the molecule is CCC(CC)=C1CC1C. The first kappa shape index (κ1) is 6.85. The smallest absolute Gasteiger partial charge is 0.0191 e. The Balaban J connectivity index is 2.55. The molecule has 0 heterocycles. The molecule has 1 saturated carbocycles. The summed E-state index contributed by atoms with van der Waals surface area (Å²) >= 11 is 0. The monoisotopic (exact) mass is 124 g/mol. The summed E-state index contributed by atoms with van der Waals surface area (Å²) < 4.78 is 0. The van der Waals surface area contributed by atoms with Gasteiger partial charge in [-0.2, -0.15) is 0 Å². The minimum atomic E-state index is 0.930. The van der Waals surface area contributed by atoms with Gasteiger partial charge in [0.05, 0.1) is 0 Å². The highest BCUT2D eigenvalue weighted by Crippen LogP contribution is 2.41. The maximum atomic E-state index is 2.32. The summed E-state index contributed by atoms with van der Waals surface area (Å²) in [5, 5.41) is 0. The summed E-state index contributed by atoms with van der Waals surface area (Å²) in [5.41, 5.74) is 3.46. The van der Waals surface area contributed by atoms with E-state index in [1.165, 1.54) is 19.3 Å². The van der Waals surface area contributed by atoms with Crippen LogP contribution in [0.2, 0.25) is 0 Å². The third kappa shape index (κ3) is 1.35. The van der Waals surface area contributed by atoms with E-state index in [2.05, 4.69) is 20.8 Å². The molecule has 0 nitrogen and oxygen atoms in total. The van der Waals surface area contributed by atoms with Crippen LogP contribution in [0.25, 0.3) is 0 Å². The highest BCUT2D eigenvalue weighted by Gasteiger charge is 2.26. The lowest BCUT2D eigenvalue weighted by Crippen LogP contribution is -1.76. The number of hydrogen-bond donors (Lipinski definition) is 0. The van der Waals surface area contributed by atoms with Crippen molar-refractivity contribution < 1.29 is 0 Å². The van der Waals surface area contributed by atoms with Crippen LogP contribution in [0, 0.1) is 5.92 Å². The maximum Gasteiger partial charge on any atom is -0.0191 e. The molecule has 9 heavy (non-hydrogen) atoms. The van der Waals surface area contributed by atoms with Gasteiger partial charge in [0, 0.05) is 0 Å². The van der Waals surface area contributed by atoms with E-state index in [0.29, 0.717) is 0 Å². The molecule has 1 fully saturated rings. The Kier molecular flexibility index (Phi) is 1.94. The van der Waals surface area contributed by atoms with Crippen LogP contribution < -0.4 is 0 Å². The molecule has 52 valence electrons. The van der Waals surface area contributed by atoms with Gasteiger partial charge in [0.25, 0.3) is 0 Å². The molecule has 1 rings (SSSR count). The molecule has 0 bridgehead atoms. The van der Waals surface area contributed by atoms with E-state index in [4.69, 9.17) is 0 Å². The van der Waals surface area contributed by atoms with Crippen LogP contribution in [0.15, 0.2) is 11.1 Å². The molecule has 1 unspecified atom stereocenters. The molecular weight excluding hydrogens is 108 g/mol. The van der Waals surface area contributed by atoms with Crippen molar-refractivity contribution in [2.24, 2.45) is 5.92 Å². The van der Waals surface area contributed by atoms with Crippen molar-refractivity contribution in [3.05, 3.63) is 11.1 Å². The third-order valence-electron chi connectivity index (χ3n) is 2.27. The molecule has 0 spiro atoms. The van der Waals surface area contributed by atoms with Crippen molar-refractivity contribution in [2.45, 2.75) is 40.0 Å².